The van der Waals surface area contributed by atoms with Crippen LogP contribution in [0.15, 0.2) is 48.5 Å². The van der Waals surface area contributed by atoms with E-state index >= 15 is 0 Å². The summed E-state index contributed by atoms with van der Waals surface area (Å²) in [6, 6.07) is 14.0. The Bertz CT molecular complexity index is 1170. The minimum Gasteiger partial charge on any atom is -0.322 e. The van der Waals surface area contributed by atoms with E-state index in [-0.39, 0.29) is 5.91 Å². The Labute approximate surface area is 185 Å². The number of hydrogen-bond acceptors (Lipinski definition) is 4. The highest BCUT2D eigenvalue weighted by molar-refractivity contribution is 6.16. The molecule has 2 aromatic carbocycles. The van der Waals surface area contributed by atoms with Gasteiger partial charge in [0.1, 0.15) is 17.6 Å². The van der Waals surface area contributed by atoms with E-state index in [1.165, 1.54) is 4.90 Å². The fraction of sp³-hybridized carbons (Fsp3) is 0.333. The molecular formula is C24H24N4O4. The van der Waals surface area contributed by atoms with Crippen molar-refractivity contribution >= 4 is 35.1 Å². The summed E-state index contributed by atoms with van der Waals surface area (Å²) >= 11 is 0. The number of anilines is 2. The molecule has 8 heteroatoms. The van der Waals surface area contributed by atoms with E-state index in [4.69, 9.17) is 0 Å². The number of rotatable bonds is 2. The predicted octanol–water partition coefficient (Wildman–Crippen LogP) is 2.53. The van der Waals surface area contributed by atoms with Crippen molar-refractivity contribution in [3.8, 4) is 0 Å². The minimum atomic E-state index is -1.18. The van der Waals surface area contributed by atoms with Gasteiger partial charge in [-0.3, -0.25) is 24.2 Å². The zero-order chi connectivity index (χ0) is 22.7. The molecule has 1 spiro atoms. The maximum Gasteiger partial charge on any atom is 0.325 e. The van der Waals surface area contributed by atoms with Crippen molar-refractivity contribution in [2.75, 3.05) is 16.8 Å². The van der Waals surface area contributed by atoms with E-state index in [1.807, 2.05) is 24.3 Å². The largest absolute Gasteiger partial charge is 0.325 e. The average Bonchev–Trinajstić information content (AvgIpc) is 2.99. The van der Waals surface area contributed by atoms with Gasteiger partial charge in [0.15, 0.2) is 0 Å². The molecule has 0 bridgehead atoms. The molecule has 1 fully saturated rings. The molecule has 2 N–H and O–H groups in total. The van der Waals surface area contributed by atoms with Crippen molar-refractivity contribution in [1.82, 2.24) is 10.2 Å². The Kier molecular flexibility index (Phi) is 4.37. The monoisotopic (exact) mass is 432 g/mol. The van der Waals surface area contributed by atoms with Gasteiger partial charge in [-0.05, 0) is 56.4 Å². The topological polar surface area (TPSA) is 98.8 Å². The number of amides is 5. The minimum absolute atomic E-state index is 0.334. The van der Waals surface area contributed by atoms with Gasteiger partial charge in [0.25, 0.3) is 5.91 Å². The van der Waals surface area contributed by atoms with E-state index in [2.05, 4.69) is 10.6 Å². The molecule has 8 nitrogen and oxygen atoms in total. The zero-order valence-electron chi connectivity index (χ0n) is 18.0. The molecule has 32 heavy (non-hydrogen) atoms. The highest BCUT2D eigenvalue weighted by Gasteiger charge is 2.55. The van der Waals surface area contributed by atoms with Gasteiger partial charge in [0.2, 0.25) is 11.8 Å². The molecule has 0 aromatic heterocycles. The summed E-state index contributed by atoms with van der Waals surface area (Å²) in [6.07, 6.45) is 2.09. The van der Waals surface area contributed by atoms with Crippen LogP contribution in [0.5, 0.6) is 0 Å². The second-order valence-corrected chi connectivity index (χ2v) is 9.00. The number of carbonyl (C=O) groups is 4. The second kappa shape index (κ2) is 6.91. The SMILES string of the molecule is CC1(C)C(=O)Nc2ccccc2N1C(=O)CN1C(=O)N[C@@]2(CCCc3ccccc32)C1=O. The van der Waals surface area contributed by atoms with Gasteiger partial charge in [-0.25, -0.2) is 4.79 Å². The Morgan fingerprint density at radius 3 is 2.56 bits per heavy atom. The highest BCUT2D eigenvalue weighted by atomic mass is 16.2. The van der Waals surface area contributed by atoms with Crippen LogP contribution in [-0.4, -0.2) is 40.7 Å². The van der Waals surface area contributed by atoms with Crippen LogP contribution >= 0.6 is 0 Å². The summed E-state index contributed by atoms with van der Waals surface area (Å²) in [4.78, 5) is 54.9. The highest BCUT2D eigenvalue weighted by Crippen LogP contribution is 2.41. The smallest absolute Gasteiger partial charge is 0.322 e. The molecule has 5 amide bonds. The lowest BCUT2D eigenvalue weighted by Crippen LogP contribution is -2.60. The third kappa shape index (κ3) is 2.75. The Balaban J connectivity index is 1.48. The third-order valence-electron chi connectivity index (χ3n) is 6.70. The molecule has 5 rings (SSSR count). The summed E-state index contributed by atoms with van der Waals surface area (Å²) in [5, 5.41) is 5.68. The normalized spacial score (nSPS) is 23.5. The molecule has 3 aliphatic rings. The van der Waals surface area contributed by atoms with Crippen LogP contribution in [0, 0.1) is 0 Å². The number of nitrogens with one attached hydrogen (secondary N) is 2. The fourth-order valence-electron chi connectivity index (χ4n) is 5.06. The van der Waals surface area contributed by atoms with Crippen molar-refractivity contribution in [2.24, 2.45) is 0 Å². The van der Waals surface area contributed by atoms with E-state index < -0.39 is 35.5 Å². The van der Waals surface area contributed by atoms with Crippen LogP contribution in [0.25, 0.3) is 0 Å². The first-order chi connectivity index (χ1) is 15.3. The predicted molar refractivity (Wildman–Crippen MR) is 118 cm³/mol. The number of imide groups is 1. The summed E-state index contributed by atoms with van der Waals surface area (Å²) < 4.78 is 0. The Morgan fingerprint density at radius 2 is 1.75 bits per heavy atom. The van der Waals surface area contributed by atoms with Crippen LogP contribution in [-0.2, 0) is 26.3 Å². The van der Waals surface area contributed by atoms with Gasteiger partial charge in [0, 0.05) is 0 Å². The molecular weight excluding hydrogens is 408 g/mol. The first kappa shape index (κ1) is 20.2. The number of urea groups is 1. The van der Waals surface area contributed by atoms with Gasteiger partial charge in [-0.15, -0.1) is 0 Å². The van der Waals surface area contributed by atoms with Crippen LogP contribution in [0.3, 0.4) is 0 Å². The van der Waals surface area contributed by atoms with E-state index in [0.29, 0.717) is 17.8 Å². The van der Waals surface area contributed by atoms with Crippen molar-refractivity contribution in [3.05, 3.63) is 59.7 Å². The Morgan fingerprint density at radius 1 is 1.03 bits per heavy atom. The number of carbonyl (C=O) groups excluding carboxylic acids is 4. The lowest BCUT2D eigenvalue weighted by atomic mass is 9.76. The quantitative estimate of drug-likeness (QED) is 0.713. The standard InChI is InChI=1S/C24H24N4O4/c1-23(2)20(30)25-17-11-5-6-12-18(17)28(23)19(29)14-27-21(31)24(26-22(27)32)13-7-9-15-8-3-4-10-16(15)24/h3-6,8,10-12H,7,9,13-14H2,1-2H3,(H,25,30)(H,26,32)/t24-/m1/s1. The van der Waals surface area contributed by atoms with Gasteiger partial charge in [-0.2, -0.15) is 0 Å². The average molecular weight is 432 g/mol. The number of fused-ring (bicyclic) bond motifs is 3. The third-order valence-corrected chi connectivity index (χ3v) is 6.70. The molecule has 1 atom stereocenters. The van der Waals surface area contributed by atoms with Crippen molar-refractivity contribution in [2.45, 2.75) is 44.2 Å². The molecule has 1 aliphatic carbocycles. The van der Waals surface area contributed by atoms with Crippen molar-refractivity contribution in [3.63, 3.8) is 0 Å². The maximum absolute atomic E-state index is 13.5. The summed E-state index contributed by atoms with van der Waals surface area (Å²) in [5.41, 5.74) is 0.552. The first-order valence-corrected chi connectivity index (χ1v) is 10.7. The van der Waals surface area contributed by atoms with Crippen LogP contribution < -0.4 is 15.5 Å². The van der Waals surface area contributed by atoms with Gasteiger partial charge in [-0.1, -0.05) is 36.4 Å². The molecule has 0 radical (unpaired) electrons. The number of nitrogens with zero attached hydrogens (tertiary/aromatic N) is 2. The molecule has 2 aliphatic heterocycles. The molecule has 164 valence electrons. The van der Waals surface area contributed by atoms with Gasteiger partial charge < -0.3 is 10.6 Å². The number of hydrogen-bond donors (Lipinski definition) is 2. The van der Waals surface area contributed by atoms with Gasteiger partial charge in [0.05, 0.1) is 11.4 Å². The lowest BCUT2D eigenvalue weighted by molar-refractivity contribution is -0.135. The number of aryl methyl sites for hydroxylation is 1. The summed E-state index contributed by atoms with van der Waals surface area (Å²) in [6.45, 7) is 2.83. The zero-order valence-corrected chi connectivity index (χ0v) is 18.0. The first-order valence-electron chi connectivity index (χ1n) is 10.7. The summed E-state index contributed by atoms with van der Waals surface area (Å²) in [7, 11) is 0. The van der Waals surface area contributed by atoms with E-state index in [9.17, 15) is 19.2 Å². The second-order valence-electron chi connectivity index (χ2n) is 9.00. The molecule has 1 saturated heterocycles. The van der Waals surface area contributed by atoms with Crippen LogP contribution in [0.1, 0.15) is 37.8 Å². The summed E-state index contributed by atoms with van der Waals surface area (Å²) in [5.74, 6) is -1.25. The maximum atomic E-state index is 13.5. The molecule has 0 unspecified atom stereocenters. The van der Waals surface area contributed by atoms with E-state index in [0.717, 1.165) is 28.9 Å². The number of benzene rings is 2. The van der Waals surface area contributed by atoms with Crippen molar-refractivity contribution < 1.29 is 19.2 Å². The molecule has 2 heterocycles. The number of para-hydroxylation sites is 2. The fourth-order valence-corrected chi connectivity index (χ4v) is 5.06. The van der Waals surface area contributed by atoms with Gasteiger partial charge >= 0.3 is 6.03 Å². The Hall–Kier alpha value is -3.68. The van der Waals surface area contributed by atoms with E-state index in [1.54, 1.807) is 38.1 Å². The molecule has 0 saturated carbocycles. The van der Waals surface area contributed by atoms with Crippen molar-refractivity contribution in [1.29, 1.82) is 0 Å². The van der Waals surface area contributed by atoms with Crippen LogP contribution in [0.4, 0.5) is 16.2 Å². The van der Waals surface area contributed by atoms with Crippen LogP contribution in [0.2, 0.25) is 0 Å². The lowest BCUT2D eigenvalue weighted by Gasteiger charge is -2.42. The molecule has 2 aromatic rings.